The topological polar surface area (TPSA) is 101 Å². The summed E-state index contributed by atoms with van der Waals surface area (Å²) in [7, 11) is -6.98. The van der Waals surface area contributed by atoms with Crippen molar-refractivity contribution in [3.8, 4) is 0 Å². The van der Waals surface area contributed by atoms with E-state index in [9.17, 15) is 21.6 Å². The van der Waals surface area contributed by atoms with E-state index in [2.05, 4.69) is 5.32 Å². The highest BCUT2D eigenvalue weighted by Gasteiger charge is 2.44. The largest absolute Gasteiger partial charge is 0.353 e. The van der Waals surface area contributed by atoms with Crippen molar-refractivity contribution < 1.29 is 21.6 Å². The van der Waals surface area contributed by atoms with Crippen LogP contribution in [0.5, 0.6) is 0 Å². The van der Waals surface area contributed by atoms with E-state index < -0.39 is 31.2 Å². The Labute approximate surface area is 107 Å². The fourth-order valence-electron chi connectivity index (χ4n) is 2.30. The molecule has 2 aliphatic rings. The molecule has 0 saturated carbocycles. The van der Waals surface area contributed by atoms with Crippen molar-refractivity contribution in [1.82, 2.24) is 9.62 Å². The second kappa shape index (κ2) is 4.46. The molecule has 0 aromatic rings. The Morgan fingerprint density at radius 3 is 2.61 bits per heavy atom. The van der Waals surface area contributed by atoms with Crippen LogP contribution in [0, 0.1) is 0 Å². The number of piperazine rings is 1. The molecule has 0 bridgehead atoms. The average Bonchev–Trinajstić information content (AvgIpc) is 2.63. The van der Waals surface area contributed by atoms with Gasteiger partial charge in [-0.05, 0) is 13.3 Å². The molecule has 104 valence electrons. The standard InChI is InChI=1S/C9H16N2O5S2/c1-7-9(12)10-3-4-11(7)18(15,16)8-2-5-17(13,14)6-8/h7-8H,2-6H2,1H3,(H,10,12). The quantitative estimate of drug-likeness (QED) is 0.656. The third kappa shape index (κ3) is 2.39. The predicted molar refractivity (Wildman–Crippen MR) is 65.2 cm³/mol. The number of carbonyl (C=O) groups excluding carboxylic acids is 1. The van der Waals surface area contributed by atoms with E-state index in [1.54, 1.807) is 0 Å². The number of nitrogens with zero attached hydrogens (tertiary/aromatic N) is 1. The van der Waals surface area contributed by atoms with Gasteiger partial charge in [0.25, 0.3) is 0 Å². The monoisotopic (exact) mass is 296 g/mol. The van der Waals surface area contributed by atoms with Gasteiger partial charge in [-0.2, -0.15) is 4.31 Å². The highest BCUT2D eigenvalue weighted by molar-refractivity contribution is 7.95. The van der Waals surface area contributed by atoms with Crippen molar-refractivity contribution in [2.75, 3.05) is 24.6 Å². The number of sulfone groups is 1. The third-order valence-electron chi connectivity index (χ3n) is 3.38. The SMILES string of the molecule is CC1C(=O)NCCN1S(=O)(=O)C1CCS(=O)(=O)C1. The highest BCUT2D eigenvalue weighted by atomic mass is 32.2. The number of hydrogen-bond donors (Lipinski definition) is 1. The molecule has 18 heavy (non-hydrogen) atoms. The molecule has 0 aromatic carbocycles. The minimum Gasteiger partial charge on any atom is -0.353 e. The molecule has 0 aromatic heterocycles. The van der Waals surface area contributed by atoms with Crippen LogP contribution in [0.4, 0.5) is 0 Å². The predicted octanol–water partition coefficient (Wildman–Crippen LogP) is -1.68. The van der Waals surface area contributed by atoms with Crippen LogP contribution >= 0.6 is 0 Å². The molecule has 1 N–H and O–H groups in total. The van der Waals surface area contributed by atoms with Gasteiger partial charge in [-0.25, -0.2) is 16.8 Å². The molecule has 9 heteroatoms. The van der Waals surface area contributed by atoms with Gasteiger partial charge < -0.3 is 5.32 Å². The van der Waals surface area contributed by atoms with E-state index >= 15 is 0 Å². The number of rotatable bonds is 2. The molecule has 2 atom stereocenters. The first-order chi connectivity index (χ1) is 8.24. The van der Waals surface area contributed by atoms with E-state index in [1.165, 1.54) is 6.92 Å². The van der Waals surface area contributed by atoms with Gasteiger partial charge in [-0.15, -0.1) is 0 Å². The normalized spacial score (nSPS) is 33.3. The molecule has 1 amide bonds. The van der Waals surface area contributed by atoms with Crippen molar-refractivity contribution in [2.45, 2.75) is 24.6 Å². The molecule has 2 aliphatic heterocycles. The van der Waals surface area contributed by atoms with E-state index in [-0.39, 0.29) is 36.9 Å². The number of amides is 1. The van der Waals surface area contributed by atoms with Crippen LogP contribution in [-0.2, 0) is 24.7 Å². The summed E-state index contributed by atoms with van der Waals surface area (Å²) >= 11 is 0. The van der Waals surface area contributed by atoms with Crippen molar-refractivity contribution in [2.24, 2.45) is 0 Å². The van der Waals surface area contributed by atoms with E-state index in [1.807, 2.05) is 0 Å². The first-order valence-corrected chi connectivity index (χ1v) is 9.05. The Bertz CT molecular complexity index is 554. The fourth-order valence-corrected chi connectivity index (χ4v) is 6.98. The Hall–Kier alpha value is -0.670. The lowest BCUT2D eigenvalue weighted by Crippen LogP contribution is -2.57. The minimum absolute atomic E-state index is 0.0920. The van der Waals surface area contributed by atoms with Crippen molar-refractivity contribution in [1.29, 1.82) is 0 Å². The van der Waals surface area contributed by atoms with Gasteiger partial charge in [0.05, 0.1) is 16.8 Å². The van der Waals surface area contributed by atoms with Crippen molar-refractivity contribution in [3.05, 3.63) is 0 Å². The summed E-state index contributed by atoms with van der Waals surface area (Å²) in [4.78, 5) is 11.5. The van der Waals surface area contributed by atoms with E-state index in [0.717, 1.165) is 4.31 Å². The molecule has 0 spiro atoms. The first-order valence-electron chi connectivity index (χ1n) is 5.73. The molecule has 7 nitrogen and oxygen atoms in total. The van der Waals surface area contributed by atoms with E-state index in [4.69, 9.17) is 0 Å². The van der Waals surface area contributed by atoms with Gasteiger partial charge >= 0.3 is 0 Å². The molecule has 2 unspecified atom stereocenters. The number of sulfonamides is 1. The van der Waals surface area contributed by atoms with Crippen LogP contribution in [0.25, 0.3) is 0 Å². The maximum absolute atomic E-state index is 12.3. The Kier molecular flexibility index (Phi) is 3.41. The van der Waals surface area contributed by atoms with Crippen molar-refractivity contribution in [3.63, 3.8) is 0 Å². The van der Waals surface area contributed by atoms with Gasteiger partial charge in [0, 0.05) is 13.1 Å². The Morgan fingerprint density at radius 1 is 1.39 bits per heavy atom. The smallest absolute Gasteiger partial charge is 0.238 e. The van der Waals surface area contributed by atoms with Crippen LogP contribution in [-0.4, -0.2) is 62.9 Å². The van der Waals surface area contributed by atoms with Crippen LogP contribution in [0.3, 0.4) is 0 Å². The molecule has 2 rings (SSSR count). The summed E-state index contributed by atoms with van der Waals surface area (Å²) in [6, 6.07) is -0.771. The third-order valence-corrected chi connectivity index (χ3v) is 7.76. The van der Waals surface area contributed by atoms with Crippen molar-refractivity contribution >= 4 is 25.8 Å². The zero-order valence-electron chi connectivity index (χ0n) is 10.00. The number of hydrogen-bond acceptors (Lipinski definition) is 5. The summed E-state index contributed by atoms with van der Waals surface area (Å²) in [5.41, 5.74) is 0. The number of nitrogens with one attached hydrogen (secondary N) is 1. The molecular weight excluding hydrogens is 280 g/mol. The summed E-state index contributed by atoms with van der Waals surface area (Å²) in [6.07, 6.45) is 0.121. The van der Waals surface area contributed by atoms with Crippen LogP contribution in [0.2, 0.25) is 0 Å². The second-order valence-corrected chi connectivity index (χ2v) is 9.04. The zero-order valence-corrected chi connectivity index (χ0v) is 11.6. The van der Waals surface area contributed by atoms with Gasteiger partial charge in [-0.3, -0.25) is 4.79 Å². The van der Waals surface area contributed by atoms with Gasteiger partial charge in [0.1, 0.15) is 6.04 Å². The molecule has 0 radical (unpaired) electrons. The Morgan fingerprint density at radius 2 is 2.06 bits per heavy atom. The molecular formula is C9H16N2O5S2. The Balaban J connectivity index is 2.24. The van der Waals surface area contributed by atoms with Gasteiger partial charge in [0.15, 0.2) is 9.84 Å². The van der Waals surface area contributed by atoms with E-state index in [0.29, 0.717) is 0 Å². The number of carbonyl (C=O) groups is 1. The lowest BCUT2D eigenvalue weighted by atomic mass is 10.2. The first kappa shape index (κ1) is 13.8. The maximum atomic E-state index is 12.3. The maximum Gasteiger partial charge on any atom is 0.238 e. The molecule has 2 fully saturated rings. The van der Waals surface area contributed by atoms with Crippen LogP contribution in [0.1, 0.15) is 13.3 Å². The van der Waals surface area contributed by atoms with Gasteiger partial charge in [0.2, 0.25) is 15.9 Å². The summed E-state index contributed by atoms with van der Waals surface area (Å²) in [6.45, 7) is 1.98. The summed E-state index contributed by atoms with van der Waals surface area (Å²) in [5.74, 6) is -0.767. The van der Waals surface area contributed by atoms with Gasteiger partial charge in [-0.1, -0.05) is 0 Å². The lowest BCUT2D eigenvalue weighted by Gasteiger charge is -2.33. The molecule has 2 heterocycles. The second-order valence-electron chi connectivity index (χ2n) is 4.65. The van der Waals surface area contributed by atoms with Crippen LogP contribution in [0.15, 0.2) is 0 Å². The minimum atomic E-state index is -3.72. The summed E-state index contributed by atoms with van der Waals surface area (Å²) < 4.78 is 48.5. The molecule has 0 aliphatic carbocycles. The highest BCUT2D eigenvalue weighted by Crippen LogP contribution is 2.24. The average molecular weight is 296 g/mol. The summed E-state index contributed by atoms with van der Waals surface area (Å²) in [5, 5.41) is 1.67. The lowest BCUT2D eigenvalue weighted by molar-refractivity contribution is -0.126. The molecule has 2 saturated heterocycles. The fraction of sp³-hybridized carbons (Fsp3) is 0.889. The zero-order chi connectivity index (χ0) is 13.6. The van der Waals surface area contributed by atoms with Crippen LogP contribution < -0.4 is 5.32 Å².